The maximum absolute atomic E-state index is 12.6. The Morgan fingerprint density at radius 2 is 2.18 bits per heavy atom. The third-order valence-electron chi connectivity index (χ3n) is 4.81. The van der Waals surface area contributed by atoms with E-state index in [1.54, 1.807) is 0 Å². The van der Waals surface area contributed by atoms with Gasteiger partial charge in [0.2, 0.25) is 0 Å². The second-order valence-corrected chi connectivity index (χ2v) is 9.12. The number of rotatable bonds is 7. The summed E-state index contributed by atoms with van der Waals surface area (Å²) in [6, 6.07) is 8.47. The van der Waals surface area contributed by atoms with E-state index in [0.29, 0.717) is 18.6 Å². The molecular formula is C22H31N3O2S. The third-order valence-corrected chi connectivity index (χ3v) is 5.98. The van der Waals surface area contributed by atoms with Crippen molar-refractivity contribution in [3.05, 3.63) is 51.0 Å². The molecule has 1 unspecified atom stereocenters. The van der Waals surface area contributed by atoms with Crippen LogP contribution in [0, 0.1) is 12.8 Å². The molecule has 1 aromatic heterocycles. The molecule has 1 amide bonds. The number of hydrogen-bond acceptors (Lipinski definition) is 5. The smallest absolute Gasteiger partial charge is 0.263 e. The molecule has 1 atom stereocenters. The zero-order chi connectivity index (χ0) is 20.1. The summed E-state index contributed by atoms with van der Waals surface area (Å²) in [5.74, 6) is 0.510. The van der Waals surface area contributed by atoms with Crippen LogP contribution in [0.3, 0.4) is 0 Å². The summed E-state index contributed by atoms with van der Waals surface area (Å²) in [5.41, 5.74) is 3.22. The lowest BCUT2D eigenvalue weighted by molar-refractivity contribution is -0.0212. The first-order valence-corrected chi connectivity index (χ1v) is 10.9. The predicted octanol–water partition coefficient (Wildman–Crippen LogP) is 3.80. The van der Waals surface area contributed by atoms with Gasteiger partial charge in [-0.2, -0.15) is 0 Å². The van der Waals surface area contributed by atoms with Gasteiger partial charge in [-0.05, 0) is 30.9 Å². The minimum absolute atomic E-state index is 0.0302. The van der Waals surface area contributed by atoms with Gasteiger partial charge in [-0.1, -0.05) is 38.1 Å². The van der Waals surface area contributed by atoms with Gasteiger partial charge in [-0.3, -0.25) is 9.69 Å². The quantitative estimate of drug-likeness (QED) is 0.767. The number of aryl methyl sites for hydroxylation is 1. The zero-order valence-corrected chi connectivity index (χ0v) is 18.1. The highest BCUT2D eigenvalue weighted by Gasteiger charge is 2.17. The lowest BCUT2D eigenvalue weighted by atomic mass is 10.1. The number of thiazole rings is 1. The van der Waals surface area contributed by atoms with E-state index in [0.717, 1.165) is 53.8 Å². The van der Waals surface area contributed by atoms with E-state index < -0.39 is 0 Å². The van der Waals surface area contributed by atoms with Crippen LogP contribution in [-0.2, 0) is 24.2 Å². The highest BCUT2D eigenvalue weighted by atomic mass is 32.1. The highest BCUT2D eigenvalue weighted by Crippen LogP contribution is 2.21. The van der Waals surface area contributed by atoms with Gasteiger partial charge in [0.15, 0.2) is 0 Å². The fourth-order valence-corrected chi connectivity index (χ4v) is 4.69. The summed E-state index contributed by atoms with van der Waals surface area (Å²) in [7, 11) is 0. The van der Waals surface area contributed by atoms with Crippen molar-refractivity contribution in [2.45, 2.75) is 53.3 Å². The largest absolute Gasteiger partial charge is 0.376 e. The van der Waals surface area contributed by atoms with E-state index in [2.05, 4.69) is 60.2 Å². The predicted molar refractivity (Wildman–Crippen MR) is 114 cm³/mol. The van der Waals surface area contributed by atoms with E-state index in [-0.39, 0.29) is 5.91 Å². The van der Waals surface area contributed by atoms with Crippen molar-refractivity contribution in [3.63, 3.8) is 0 Å². The van der Waals surface area contributed by atoms with Crippen LogP contribution >= 0.6 is 11.3 Å². The number of benzene rings is 1. The fraction of sp³-hybridized carbons (Fsp3) is 0.545. The first-order valence-electron chi connectivity index (χ1n) is 10.1. The van der Waals surface area contributed by atoms with Crippen LogP contribution in [0.5, 0.6) is 0 Å². The summed E-state index contributed by atoms with van der Waals surface area (Å²) in [6.45, 7) is 12.5. The Morgan fingerprint density at radius 3 is 2.93 bits per heavy atom. The Morgan fingerprint density at radius 1 is 1.39 bits per heavy atom. The lowest BCUT2D eigenvalue weighted by Crippen LogP contribution is -2.40. The number of nitrogens with zero attached hydrogens (tertiary/aromatic N) is 2. The van der Waals surface area contributed by atoms with E-state index in [1.807, 2.05) is 6.92 Å². The minimum Gasteiger partial charge on any atom is -0.376 e. The second-order valence-electron chi connectivity index (χ2n) is 8.04. The van der Waals surface area contributed by atoms with Crippen molar-refractivity contribution in [1.82, 2.24) is 15.2 Å². The number of carbonyl (C=O) groups is 1. The molecule has 28 heavy (non-hydrogen) atoms. The van der Waals surface area contributed by atoms with E-state index in [1.165, 1.54) is 16.9 Å². The molecule has 1 aliphatic rings. The lowest BCUT2D eigenvalue weighted by Gasteiger charge is -2.31. The van der Waals surface area contributed by atoms with Gasteiger partial charge >= 0.3 is 0 Å². The molecule has 0 aliphatic carbocycles. The van der Waals surface area contributed by atoms with Crippen LogP contribution in [0.15, 0.2) is 24.3 Å². The van der Waals surface area contributed by atoms with Crippen LogP contribution in [0.4, 0.5) is 0 Å². The number of ether oxygens (including phenoxy) is 1. The molecule has 6 heteroatoms. The van der Waals surface area contributed by atoms with Crippen molar-refractivity contribution in [2.24, 2.45) is 5.92 Å². The van der Waals surface area contributed by atoms with Gasteiger partial charge in [0.25, 0.3) is 5.91 Å². The molecule has 2 aromatic rings. The SMILES string of the molecule is Cc1nc(CC(C)C)sc1C(=O)NCc1cccc(CN2CCOC(C)C2)c1. The Balaban J connectivity index is 1.57. The molecule has 0 saturated carbocycles. The van der Waals surface area contributed by atoms with E-state index >= 15 is 0 Å². The summed E-state index contributed by atoms with van der Waals surface area (Å²) in [4.78, 5) is 20.3. The molecule has 1 aromatic carbocycles. The Hall–Kier alpha value is -1.76. The first-order chi connectivity index (χ1) is 13.4. The first kappa shape index (κ1) is 21.0. The molecule has 0 radical (unpaired) electrons. The summed E-state index contributed by atoms with van der Waals surface area (Å²) < 4.78 is 5.62. The van der Waals surface area contributed by atoms with E-state index in [9.17, 15) is 4.79 Å². The molecule has 1 aliphatic heterocycles. The Labute approximate surface area is 172 Å². The van der Waals surface area contributed by atoms with Gasteiger partial charge in [-0.25, -0.2) is 4.98 Å². The van der Waals surface area contributed by atoms with Crippen molar-refractivity contribution in [3.8, 4) is 0 Å². The summed E-state index contributed by atoms with van der Waals surface area (Å²) >= 11 is 1.52. The molecule has 0 bridgehead atoms. The molecule has 152 valence electrons. The van der Waals surface area contributed by atoms with Crippen LogP contribution in [0.25, 0.3) is 0 Å². The van der Waals surface area contributed by atoms with Gasteiger partial charge in [0, 0.05) is 32.6 Å². The molecule has 2 heterocycles. The summed E-state index contributed by atoms with van der Waals surface area (Å²) in [5, 5.41) is 4.10. The van der Waals surface area contributed by atoms with E-state index in [4.69, 9.17) is 4.74 Å². The number of nitrogens with one attached hydrogen (secondary N) is 1. The van der Waals surface area contributed by atoms with Crippen LogP contribution in [0.2, 0.25) is 0 Å². The molecule has 1 fully saturated rings. The standard InChI is InChI=1S/C22H31N3O2S/c1-15(2)10-20-24-17(4)21(28-20)22(26)23-12-18-6-5-7-19(11-18)14-25-8-9-27-16(3)13-25/h5-7,11,15-16H,8-10,12-14H2,1-4H3,(H,23,26). The molecule has 1 saturated heterocycles. The van der Waals surface area contributed by atoms with Gasteiger partial charge in [0.05, 0.1) is 23.4 Å². The molecular weight excluding hydrogens is 370 g/mol. The number of hydrogen-bond donors (Lipinski definition) is 1. The molecule has 0 spiro atoms. The number of carbonyl (C=O) groups excluding carboxylic acids is 1. The minimum atomic E-state index is -0.0302. The monoisotopic (exact) mass is 401 g/mol. The van der Waals surface area contributed by atoms with Crippen LogP contribution in [0.1, 0.15) is 52.3 Å². The number of morpholine rings is 1. The third kappa shape index (κ3) is 5.87. The maximum atomic E-state index is 12.6. The molecule has 1 N–H and O–H groups in total. The number of aromatic nitrogens is 1. The Kier molecular flexibility index (Phi) is 7.21. The zero-order valence-electron chi connectivity index (χ0n) is 17.3. The normalized spacial score (nSPS) is 17.8. The topological polar surface area (TPSA) is 54.5 Å². The van der Waals surface area contributed by atoms with Gasteiger partial charge < -0.3 is 10.1 Å². The van der Waals surface area contributed by atoms with Crippen LogP contribution in [-0.4, -0.2) is 41.6 Å². The van der Waals surface area contributed by atoms with Crippen molar-refractivity contribution >= 4 is 17.2 Å². The van der Waals surface area contributed by atoms with Crippen LogP contribution < -0.4 is 5.32 Å². The van der Waals surface area contributed by atoms with Gasteiger partial charge in [0.1, 0.15) is 4.88 Å². The molecule has 5 nitrogen and oxygen atoms in total. The van der Waals surface area contributed by atoms with Crippen molar-refractivity contribution < 1.29 is 9.53 Å². The highest BCUT2D eigenvalue weighted by molar-refractivity contribution is 7.13. The number of amides is 1. The Bertz CT molecular complexity index is 803. The average Bonchev–Trinajstić information content (AvgIpc) is 2.99. The van der Waals surface area contributed by atoms with Crippen molar-refractivity contribution in [2.75, 3.05) is 19.7 Å². The summed E-state index contributed by atoms with van der Waals surface area (Å²) in [6.07, 6.45) is 1.21. The maximum Gasteiger partial charge on any atom is 0.263 e. The average molecular weight is 402 g/mol. The van der Waals surface area contributed by atoms with Gasteiger partial charge in [-0.15, -0.1) is 11.3 Å². The molecule has 3 rings (SSSR count). The van der Waals surface area contributed by atoms with Crippen molar-refractivity contribution in [1.29, 1.82) is 0 Å². The fourth-order valence-electron chi connectivity index (χ4n) is 3.49. The second kappa shape index (κ2) is 9.63.